The lowest BCUT2D eigenvalue weighted by Gasteiger charge is -2.33. The van der Waals surface area contributed by atoms with Gasteiger partial charge in [0.15, 0.2) is 0 Å². The Morgan fingerprint density at radius 1 is 0.184 bits per heavy atom. The van der Waals surface area contributed by atoms with E-state index in [0.29, 0.717) is 0 Å². The lowest BCUT2D eigenvalue weighted by Crippen LogP contribution is -2.26. The summed E-state index contributed by atoms with van der Waals surface area (Å²) in [7, 11) is 0. The number of nitrogens with zero attached hydrogens (tertiary/aromatic N) is 2. The van der Waals surface area contributed by atoms with Gasteiger partial charge < -0.3 is 9.80 Å². The molecule has 0 aromatic heterocycles. The van der Waals surface area contributed by atoms with Gasteiger partial charge in [-0.15, -0.1) is 0 Å². The molecular formula is C139H108N2. The number of benzene rings is 23. The van der Waals surface area contributed by atoms with Crippen molar-refractivity contribution in [2.75, 3.05) is 9.80 Å². The van der Waals surface area contributed by atoms with Crippen molar-refractivity contribution in [1.82, 2.24) is 0 Å². The van der Waals surface area contributed by atoms with Crippen molar-refractivity contribution in [2.45, 2.75) is 45.4 Å². The second-order valence-electron chi connectivity index (χ2n) is 37.5. The molecule has 1 spiro atoms. The van der Waals surface area contributed by atoms with Crippen LogP contribution in [0.15, 0.2) is 540 Å². The normalized spacial score (nSPS) is 13.0. The van der Waals surface area contributed by atoms with E-state index in [-0.39, 0.29) is 29.0 Å². The maximum absolute atomic E-state index is 2.51. The first-order valence-electron chi connectivity index (χ1n) is 48.5. The Hall–Kier alpha value is -17.6. The molecule has 4 aliphatic rings. The first-order chi connectivity index (χ1) is 68.7. The summed E-state index contributed by atoms with van der Waals surface area (Å²) >= 11 is 0. The fraction of sp³-hybridized carbons (Fsp3) is 0.0504. The third kappa shape index (κ3) is 15.1. The van der Waals surface area contributed by atoms with Gasteiger partial charge in [0.1, 0.15) is 0 Å². The summed E-state index contributed by atoms with van der Waals surface area (Å²) < 4.78 is 0. The standard InChI is InChI=1S/C52H37N.C49H35N.C36H24.2CH4.2H2/c1-51(2)44-23-11-6-19-38(44)42-30-28-35(32-48(42)51)53(50-27-15-10-18-37(50)34-16-4-3-5-17-34)36-29-31-43-41-22-9-14-26-47(41)52(49(43)33-36)45-24-12-7-20-39(45)40-21-8-13-25-46(40)52;1-4-12-35(13-5-1)37-20-27-42(28-21-37)50(43-29-22-38(23-30-43)36-14-6-2-7-15-36)44-31-24-39(25-32-44)41-26-33-46-45-18-10-11-19-47(45)49(48(46)34-41)40-16-8-3-9-17-40;1-2-13-26(14-3-1)35-31-19-6-8-21-33(31)36(34-22-9-7-20-32(34)35)28-17-10-16-27(24-28)30-23-11-15-25-12-4-5-18-29(25)30;;;;/h3-33H,1-2H3;1-34,49H;1-24H;2*1H4;2*1H. The Morgan fingerprint density at radius 2 is 0.511 bits per heavy atom. The quantitative estimate of drug-likeness (QED) is 0.100. The summed E-state index contributed by atoms with van der Waals surface area (Å²) in [5.41, 5.74) is 46.4. The maximum atomic E-state index is 2.51. The fourth-order valence-electron chi connectivity index (χ4n) is 23.2. The third-order valence-corrected chi connectivity index (χ3v) is 29.5. The highest BCUT2D eigenvalue weighted by molar-refractivity contribution is 6.22. The van der Waals surface area contributed by atoms with Crippen LogP contribution in [0.3, 0.4) is 0 Å². The highest BCUT2D eigenvalue weighted by Gasteiger charge is 2.52. The molecule has 0 fully saturated rings. The number of hydrogen-bond acceptors (Lipinski definition) is 2. The van der Waals surface area contributed by atoms with Crippen molar-refractivity contribution in [3.63, 3.8) is 0 Å². The van der Waals surface area contributed by atoms with Crippen LogP contribution in [0.2, 0.25) is 0 Å². The molecular weight excluding hydrogens is 1700 g/mol. The van der Waals surface area contributed by atoms with E-state index < -0.39 is 5.41 Å². The Balaban J connectivity index is 0.000000127. The Morgan fingerprint density at radius 3 is 1.04 bits per heavy atom. The molecule has 2 nitrogen and oxygen atoms in total. The van der Waals surface area contributed by atoms with E-state index in [1.165, 1.54) is 205 Å². The van der Waals surface area contributed by atoms with Gasteiger partial charge in [-0.05, 0) is 278 Å². The molecule has 0 N–H and O–H groups in total. The molecule has 0 radical (unpaired) electrons. The van der Waals surface area contributed by atoms with Crippen LogP contribution in [0.25, 0.3) is 155 Å². The van der Waals surface area contributed by atoms with E-state index in [1.54, 1.807) is 0 Å². The summed E-state index contributed by atoms with van der Waals surface area (Å²) in [5, 5.41) is 7.69. The maximum Gasteiger partial charge on any atom is 0.0726 e. The lowest BCUT2D eigenvalue weighted by molar-refractivity contribution is 0.660. The monoisotopic (exact) mass is 1800 g/mol. The van der Waals surface area contributed by atoms with Crippen LogP contribution in [0.1, 0.15) is 87.5 Å². The van der Waals surface area contributed by atoms with E-state index in [0.717, 1.165) is 34.1 Å². The zero-order chi connectivity index (χ0) is 92.5. The van der Waals surface area contributed by atoms with Crippen LogP contribution >= 0.6 is 0 Å². The van der Waals surface area contributed by atoms with Gasteiger partial charge in [0.05, 0.1) is 11.1 Å². The number of rotatable bonds is 14. The number of fused-ring (bicyclic) bond motifs is 19. The van der Waals surface area contributed by atoms with Crippen LogP contribution in [-0.2, 0) is 10.8 Å². The molecule has 1 atom stereocenters. The number of anilines is 6. The van der Waals surface area contributed by atoms with Crippen molar-refractivity contribution in [3.05, 3.63) is 590 Å². The summed E-state index contributed by atoms with van der Waals surface area (Å²) in [6.45, 7) is 4.74. The van der Waals surface area contributed by atoms with Crippen molar-refractivity contribution in [2.24, 2.45) is 0 Å². The molecule has 1 unspecified atom stereocenters. The van der Waals surface area contributed by atoms with Crippen LogP contribution < -0.4 is 9.80 Å². The average Bonchev–Trinajstić information content (AvgIpc) is 1.50. The van der Waals surface area contributed by atoms with Gasteiger partial charge in [-0.3, -0.25) is 0 Å². The zero-order valence-corrected chi connectivity index (χ0v) is 77.4. The SMILES string of the molecule is C.C.CC1(C)c2ccccc2-c2ccc(N(c3ccc4c(c3)C3(c5ccccc5-c5ccccc53)c3ccccc3-4)c3ccccc3-c3ccccc3)cc21.[HH].[HH].c1ccc(-c2c3ccccc3c(-c3cccc(-c4cccc5ccccc45)c3)c3ccccc23)cc1.c1ccc(-c2ccc(N(c3ccc(-c4ccccc4)cc3)c3ccc(-c4ccc5c(c4)C(c4ccccc4)c4ccccc4-5)cc3)cc2)cc1. The first kappa shape index (κ1) is 87.5. The third-order valence-electron chi connectivity index (χ3n) is 29.5. The van der Waals surface area contributed by atoms with E-state index in [4.69, 9.17) is 0 Å². The van der Waals surface area contributed by atoms with Gasteiger partial charge in [0, 0.05) is 48.2 Å². The van der Waals surface area contributed by atoms with Gasteiger partial charge in [-0.25, -0.2) is 0 Å². The minimum atomic E-state index is -0.415. The Bertz CT molecular complexity index is 8420. The van der Waals surface area contributed by atoms with E-state index in [9.17, 15) is 0 Å². The van der Waals surface area contributed by atoms with Gasteiger partial charge in [0.2, 0.25) is 0 Å². The predicted molar refractivity (Wildman–Crippen MR) is 604 cm³/mol. The molecule has 0 aliphatic heterocycles. The molecule has 23 aromatic carbocycles. The van der Waals surface area contributed by atoms with E-state index in [2.05, 4.69) is 564 Å². The molecule has 0 amide bonds. The van der Waals surface area contributed by atoms with Gasteiger partial charge in [-0.1, -0.05) is 490 Å². The molecule has 141 heavy (non-hydrogen) atoms. The van der Waals surface area contributed by atoms with E-state index in [1.807, 2.05) is 0 Å². The summed E-state index contributed by atoms with van der Waals surface area (Å²) in [5.74, 6) is 0.231. The smallest absolute Gasteiger partial charge is 0.0726 e. The Kier molecular flexibility index (Phi) is 22.8. The van der Waals surface area contributed by atoms with Crippen LogP contribution in [0.5, 0.6) is 0 Å². The minimum absolute atomic E-state index is 0. The summed E-state index contributed by atoms with van der Waals surface area (Å²) in [6, 6.07) is 198. The molecule has 0 saturated heterocycles. The second kappa shape index (κ2) is 36.8. The summed E-state index contributed by atoms with van der Waals surface area (Å²) in [4.78, 5) is 4.85. The van der Waals surface area contributed by atoms with Crippen molar-refractivity contribution < 1.29 is 2.85 Å². The van der Waals surface area contributed by atoms with Gasteiger partial charge in [0.25, 0.3) is 0 Å². The van der Waals surface area contributed by atoms with Crippen molar-refractivity contribution in [1.29, 1.82) is 0 Å². The average molecular weight is 1810 g/mol. The molecule has 0 saturated carbocycles. The van der Waals surface area contributed by atoms with Crippen molar-refractivity contribution >= 4 is 66.4 Å². The Labute approximate surface area is 831 Å². The van der Waals surface area contributed by atoms with Crippen LogP contribution in [-0.4, -0.2) is 0 Å². The van der Waals surface area contributed by atoms with Gasteiger partial charge in [-0.2, -0.15) is 0 Å². The molecule has 2 heteroatoms. The largest absolute Gasteiger partial charge is 0.311 e. The topological polar surface area (TPSA) is 6.48 Å². The first-order valence-corrected chi connectivity index (χ1v) is 48.5. The number of para-hydroxylation sites is 1. The van der Waals surface area contributed by atoms with Crippen LogP contribution in [0, 0.1) is 0 Å². The van der Waals surface area contributed by atoms with Gasteiger partial charge >= 0.3 is 0 Å². The van der Waals surface area contributed by atoms with Crippen LogP contribution in [0.4, 0.5) is 34.1 Å². The second-order valence-corrected chi connectivity index (χ2v) is 37.5. The van der Waals surface area contributed by atoms with Crippen molar-refractivity contribution in [3.8, 4) is 122 Å². The number of hydrogen-bond donors (Lipinski definition) is 0. The highest BCUT2D eigenvalue weighted by atomic mass is 15.1. The predicted octanol–water partition coefficient (Wildman–Crippen LogP) is 38.7. The molecule has 0 bridgehead atoms. The molecule has 674 valence electrons. The molecule has 23 aromatic rings. The molecule has 27 rings (SSSR count). The lowest BCUT2D eigenvalue weighted by atomic mass is 9.70. The summed E-state index contributed by atoms with van der Waals surface area (Å²) in [6.07, 6.45) is 0. The fourth-order valence-corrected chi connectivity index (χ4v) is 23.2. The highest BCUT2D eigenvalue weighted by Crippen LogP contribution is 2.64. The van der Waals surface area contributed by atoms with E-state index >= 15 is 0 Å². The zero-order valence-electron chi connectivity index (χ0n) is 77.4. The minimum Gasteiger partial charge on any atom is -0.311 e. The molecule has 4 aliphatic carbocycles. The molecule has 0 heterocycles.